The molecule has 0 unspecified atom stereocenters. The van der Waals surface area contributed by atoms with Crippen molar-refractivity contribution in [2.24, 2.45) is 5.92 Å². The van der Waals surface area contributed by atoms with E-state index < -0.39 is 20.7 Å². The van der Waals surface area contributed by atoms with Gasteiger partial charge in [-0.05, 0) is 19.8 Å². The molecule has 8 nitrogen and oxygen atoms in total. The van der Waals surface area contributed by atoms with Crippen molar-refractivity contribution in [1.82, 2.24) is 4.31 Å². The van der Waals surface area contributed by atoms with Gasteiger partial charge in [0.15, 0.2) is 0 Å². The number of para-hydroxylation sites is 1. The molecule has 9 heteroatoms. The van der Waals surface area contributed by atoms with Gasteiger partial charge in [0.2, 0.25) is 10.0 Å². The smallest absolute Gasteiger partial charge is 0.309 e. The lowest BCUT2D eigenvalue weighted by molar-refractivity contribution is -0.385. The first-order chi connectivity index (χ1) is 11.3. The highest BCUT2D eigenvalue weighted by Crippen LogP contribution is 2.25. The normalized spacial score (nSPS) is 16.7. The second kappa shape index (κ2) is 7.71. The van der Waals surface area contributed by atoms with Gasteiger partial charge in [0.25, 0.3) is 5.69 Å². The second-order valence-electron chi connectivity index (χ2n) is 5.57. The maximum Gasteiger partial charge on any atom is 0.309 e. The van der Waals surface area contributed by atoms with Gasteiger partial charge in [0.1, 0.15) is 0 Å². The number of hydrogen-bond donors (Lipinski definition) is 0. The molecule has 0 atom stereocenters. The van der Waals surface area contributed by atoms with Crippen LogP contribution in [0.1, 0.15) is 25.3 Å². The third-order valence-electron chi connectivity index (χ3n) is 3.99. The lowest BCUT2D eigenvalue weighted by atomic mass is 9.98. The predicted molar refractivity (Wildman–Crippen MR) is 86.7 cm³/mol. The van der Waals surface area contributed by atoms with Gasteiger partial charge in [-0.25, -0.2) is 12.7 Å². The highest BCUT2D eigenvalue weighted by molar-refractivity contribution is 7.88. The summed E-state index contributed by atoms with van der Waals surface area (Å²) in [6.45, 7) is 2.46. The number of carbonyl (C=O) groups is 1. The topological polar surface area (TPSA) is 107 Å². The first-order valence-electron chi connectivity index (χ1n) is 7.72. The monoisotopic (exact) mass is 356 g/mol. The zero-order chi connectivity index (χ0) is 17.7. The fourth-order valence-corrected chi connectivity index (χ4v) is 4.32. The third kappa shape index (κ3) is 4.30. The number of ether oxygens (including phenoxy) is 1. The average Bonchev–Trinajstić information content (AvgIpc) is 2.55. The van der Waals surface area contributed by atoms with Crippen LogP contribution in [0.5, 0.6) is 0 Å². The van der Waals surface area contributed by atoms with Gasteiger partial charge < -0.3 is 4.74 Å². The summed E-state index contributed by atoms with van der Waals surface area (Å²) in [5, 5.41) is 11.0. The van der Waals surface area contributed by atoms with Crippen LogP contribution in [0.4, 0.5) is 5.69 Å². The molecule has 0 N–H and O–H groups in total. The fourth-order valence-electron chi connectivity index (χ4n) is 2.73. The van der Waals surface area contributed by atoms with E-state index in [4.69, 9.17) is 4.74 Å². The maximum atomic E-state index is 12.5. The molecule has 2 rings (SSSR count). The number of nitrogens with zero attached hydrogens (tertiary/aromatic N) is 2. The van der Waals surface area contributed by atoms with Gasteiger partial charge in [-0.15, -0.1) is 0 Å². The minimum absolute atomic E-state index is 0.162. The number of nitro benzene ring substituents is 1. The lowest BCUT2D eigenvalue weighted by Crippen LogP contribution is -2.41. The minimum atomic E-state index is -3.68. The van der Waals surface area contributed by atoms with Crippen molar-refractivity contribution in [2.75, 3.05) is 19.7 Å². The van der Waals surface area contributed by atoms with Crippen molar-refractivity contribution in [3.05, 3.63) is 39.9 Å². The van der Waals surface area contributed by atoms with Crippen LogP contribution in [0.2, 0.25) is 0 Å². The number of esters is 1. The molecule has 1 aromatic carbocycles. The van der Waals surface area contributed by atoms with Crippen LogP contribution in [0.15, 0.2) is 24.3 Å². The standard InChI is InChI=1S/C15H20N2O6S/c1-2-23-15(18)12-7-9-16(10-8-12)24(21,22)11-13-5-3-4-6-14(13)17(19)20/h3-6,12H,2,7-11H2,1H3. The van der Waals surface area contributed by atoms with Gasteiger partial charge in [-0.3, -0.25) is 14.9 Å². The minimum Gasteiger partial charge on any atom is -0.466 e. The molecule has 132 valence electrons. The molecule has 1 aliphatic rings. The number of benzene rings is 1. The van der Waals surface area contributed by atoms with Gasteiger partial charge in [-0.1, -0.05) is 18.2 Å². The van der Waals surface area contributed by atoms with E-state index in [0.29, 0.717) is 19.4 Å². The maximum absolute atomic E-state index is 12.5. The molecule has 1 aromatic rings. The van der Waals surface area contributed by atoms with E-state index in [2.05, 4.69) is 0 Å². The van der Waals surface area contributed by atoms with E-state index in [0.717, 1.165) is 0 Å². The summed E-state index contributed by atoms with van der Waals surface area (Å²) in [5.74, 6) is -1.01. The molecule has 0 amide bonds. The summed E-state index contributed by atoms with van der Waals surface area (Å²) in [6, 6.07) is 5.81. The molecule has 0 spiro atoms. The zero-order valence-electron chi connectivity index (χ0n) is 13.4. The number of piperidine rings is 1. The van der Waals surface area contributed by atoms with Gasteiger partial charge >= 0.3 is 5.97 Å². The molecule has 1 heterocycles. The van der Waals surface area contributed by atoms with Crippen molar-refractivity contribution in [3.63, 3.8) is 0 Å². The molecule has 1 aliphatic heterocycles. The van der Waals surface area contributed by atoms with Crippen molar-refractivity contribution in [1.29, 1.82) is 0 Å². The molecule has 0 saturated carbocycles. The summed E-state index contributed by atoms with van der Waals surface area (Å²) in [6.07, 6.45) is 0.796. The number of carbonyl (C=O) groups excluding carboxylic acids is 1. The van der Waals surface area contributed by atoms with E-state index >= 15 is 0 Å². The van der Waals surface area contributed by atoms with Crippen LogP contribution in [-0.4, -0.2) is 43.3 Å². The molecule has 1 fully saturated rings. The summed E-state index contributed by atoms with van der Waals surface area (Å²) >= 11 is 0. The molecule has 0 aliphatic carbocycles. The van der Waals surface area contributed by atoms with Crippen LogP contribution >= 0.6 is 0 Å². The number of sulfonamides is 1. The quantitative estimate of drug-likeness (QED) is 0.436. The van der Waals surface area contributed by atoms with Gasteiger partial charge in [0, 0.05) is 24.7 Å². The Hall–Kier alpha value is -2.00. The zero-order valence-corrected chi connectivity index (χ0v) is 14.2. The first-order valence-corrected chi connectivity index (χ1v) is 9.33. The predicted octanol–water partition coefficient (Wildman–Crippen LogP) is 1.70. The highest BCUT2D eigenvalue weighted by Gasteiger charge is 2.32. The summed E-state index contributed by atoms with van der Waals surface area (Å²) in [4.78, 5) is 22.1. The Balaban J connectivity index is 2.05. The van der Waals surface area contributed by atoms with Crippen molar-refractivity contribution < 1.29 is 22.9 Å². The molecule has 24 heavy (non-hydrogen) atoms. The molecule has 1 saturated heterocycles. The van der Waals surface area contributed by atoms with Crippen molar-refractivity contribution in [2.45, 2.75) is 25.5 Å². The summed E-state index contributed by atoms with van der Waals surface area (Å²) in [5.41, 5.74) is -0.0440. The van der Waals surface area contributed by atoms with Crippen LogP contribution in [0.25, 0.3) is 0 Å². The highest BCUT2D eigenvalue weighted by atomic mass is 32.2. The van der Waals surface area contributed by atoms with E-state index in [-0.39, 0.29) is 36.2 Å². The van der Waals surface area contributed by atoms with E-state index in [9.17, 15) is 23.3 Å². The van der Waals surface area contributed by atoms with Crippen LogP contribution in [0.3, 0.4) is 0 Å². The Kier molecular flexibility index (Phi) is 5.89. The largest absolute Gasteiger partial charge is 0.466 e. The van der Waals surface area contributed by atoms with Gasteiger partial charge in [0.05, 0.1) is 23.2 Å². The molecule has 0 aromatic heterocycles. The van der Waals surface area contributed by atoms with Crippen LogP contribution in [-0.2, 0) is 25.3 Å². The average molecular weight is 356 g/mol. The second-order valence-corrected chi connectivity index (χ2v) is 7.54. The molecular weight excluding hydrogens is 336 g/mol. The van der Waals surface area contributed by atoms with Crippen molar-refractivity contribution >= 4 is 21.7 Å². The molecule has 0 bridgehead atoms. The Bertz CT molecular complexity index is 710. The Morgan fingerprint density at radius 3 is 2.54 bits per heavy atom. The Morgan fingerprint density at radius 2 is 1.96 bits per heavy atom. The molecular formula is C15H20N2O6S. The lowest BCUT2D eigenvalue weighted by Gasteiger charge is -2.30. The number of hydrogen-bond acceptors (Lipinski definition) is 6. The number of rotatable bonds is 6. The first kappa shape index (κ1) is 18.3. The van der Waals surface area contributed by atoms with E-state index in [1.807, 2.05) is 0 Å². The van der Waals surface area contributed by atoms with Crippen molar-refractivity contribution in [3.8, 4) is 0 Å². The molecule has 0 radical (unpaired) electrons. The third-order valence-corrected chi connectivity index (χ3v) is 5.82. The Morgan fingerprint density at radius 1 is 1.33 bits per heavy atom. The Labute approximate surface area is 140 Å². The van der Waals surface area contributed by atoms with Crippen LogP contribution in [0, 0.1) is 16.0 Å². The van der Waals surface area contributed by atoms with Gasteiger partial charge in [-0.2, -0.15) is 0 Å². The number of nitro groups is 1. The van der Waals surface area contributed by atoms with E-state index in [1.165, 1.54) is 22.5 Å². The fraction of sp³-hybridized carbons (Fsp3) is 0.533. The summed E-state index contributed by atoms with van der Waals surface area (Å²) in [7, 11) is -3.68. The SMILES string of the molecule is CCOC(=O)C1CCN(S(=O)(=O)Cc2ccccc2[N+](=O)[O-])CC1. The summed E-state index contributed by atoms with van der Waals surface area (Å²) < 4.78 is 31.3. The van der Waals surface area contributed by atoms with E-state index in [1.54, 1.807) is 13.0 Å². The van der Waals surface area contributed by atoms with Crippen LogP contribution < -0.4 is 0 Å².